The van der Waals surface area contributed by atoms with Crippen molar-refractivity contribution in [3.8, 4) is 5.88 Å². The molecule has 1 saturated heterocycles. The lowest BCUT2D eigenvalue weighted by Gasteiger charge is -2.32. The van der Waals surface area contributed by atoms with E-state index in [2.05, 4.69) is 15.3 Å². The first kappa shape index (κ1) is 14.2. The zero-order valence-corrected chi connectivity index (χ0v) is 11.4. The fourth-order valence-corrected chi connectivity index (χ4v) is 2.09. The zero-order valence-electron chi connectivity index (χ0n) is 11.4. The number of nitrogens with zero attached hydrogens (tertiary/aromatic N) is 3. The molecule has 20 heavy (non-hydrogen) atoms. The number of hydrogen-bond donors (Lipinski definition) is 1. The number of ether oxygens (including phenoxy) is 1. The van der Waals surface area contributed by atoms with Crippen LogP contribution < -0.4 is 10.1 Å². The molecule has 2 rings (SSSR count). The highest BCUT2D eigenvalue weighted by molar-refractivity contribution is 5.83. The Morgan fingerprint density at radius 3 is 3.10 bits per heavy atom. The highest BCUT2D eigenvalue weighted by atomic mass is 16.5. The van der Waals surface area contributed by atoms with Gasteiger partial charge in [-0.05, 0) is 12.8 Å². The molecule has 0 aliphatic carbocycles. The number of carbonyl (C=O) groups is 2. The highest BCUT2D eigenvalue weighted by Gasteiger charge is 2.25. The van der Waals surface area contributed by atoms with Gasteiger partial charge in [0.2, 0.25) is 17.7 Å². The molecule has 1 N–H and O–H groups in total. The number of rotatable bonds is 4. The molecule has 1 aromatic rings. The number of likely N-dealkylation sites (tertiary alicyclic amines) is 1. The molecule has 0 spiro atoms. The Balaban J connectivity index is 1.85. The quantitative estimate of drug-likeness (QED) is 0.837. The van der Waals surface area contributed by atoms with Crippen LogP contribution in [0, 0.1) is 0 Å². The van der Waals surface area contributed by atoms with Gasteiger partial charge in [0.1, 0.15) is 12.4 Å². The van der Waals surface area contributed by atoms with Gasteiger partial charge in [0.15, 0.2) is 0 Å². The Hall–Kier alpha value is -2.18. The lowest BCUT2D eigenvalue weighted by atomic mass is 10.1. The van der Waals surface area contributed by atoms with Crippen molar-refractivity contribution in [1.29, 1.82) is 0 Å². The standard InChI is InChI=1S/C13H18N4O3/c1-10(18)15-7-13(19)17-6-2-3-11(8-17)20-12-4-5-14-9-16-12/h4-5,9,11H,2-3,6-8H2,1H3,(H,15,18). The van der Waals surface area contributed by atoms with Crippen molar-refractivity contribution in [3.63, 3.8) is 0 Å². The van der Waals surface area contributed by atoms with Crippen LogP contribution in [0.1, 0.15) is 19.8 Å². The predicted molar refractivity (Wildman–Crippen MR) is 70.9 cm³/mol. The molecular weight excluding hydrogens is 260 g/mol. The molecule has 1 aliphatic rings. The van der Waals surface area contributed by atoms with Crippen LogP contribution in [0.4, 0.5) is 0 Å². The molecule has 2 heterocycles. The highest BCUT2D eigenvalue weighted by Crippen LogP contribution is 2.15. The van der Waals surface area contributed by atoms with E-state index in [1.807, 2.05) is 0 Å². The van der Waals surface area contributed by atoms with Crippen molar-refractivity contribution >= 4 is 11.8 Å². The zero-order chi connectivity index (χ0) is 14.4. The maximum Gasteiger partial charge on any atom is 0.242 e. The smallest absolute Gasteiger partial charge is 0.242 e. The largest absolute Gasteiger partial charge is 0.472 e. The lowest BCUT2D eigenvalue weighted by Crippen LogP contribution is -2.47. The third-order valence-electron chi connectivity index (χ3n) is 3.06. The van der Waals surface area contributed by atoms with Crippen molar-refractivity contribution in [1.82, 2.24) is 20.2 Å². The van der Waals surface area contributed by atoms with E-state index < -0.39 is 0 Å². The summed E-state index contributed by atoms with van der Waals surface area (Å²) in [5.74, 6) is 0.224. The second kappa shape index (κ2) is 6.83. The Kier molecular flexibility index (Phi) is 4.86. The monoisotopic (exact) mass is 278 g/mol. The van der Waals surface area contributed by atoms with Crippen LogP contribution in [-0.4, -0.2) is 52.4 Å². The van der Waals surface area contributed by atoms with Crippen molar-refractivity contribution in [2.45, 2.75) is 25.9 Å². The first-order valence-electron chi connectivity index (χ1n) is 6.60. The Bertz CT molecular complexity index is 466. The Morgan fingerprint density at radius 2 is 2.40 bits per heavy atom. The van der Waals surface area contributed by atoms with Gasteiger partial charge in [-0.15, -0.1) is 0 Å². The van der Waals surface area contributed by atoms with Crippen LogP contribution in [0.2, 0.25) is 0 Å². The van der Waals surface area contributed by atoms with Gasteiger partial charge in [-0.25, -0.2) is 9.97 Å². The summed E-state index contributed by atoms with van der Waals surface area (Å²) in [4.78, 5) is 32.3. The van der Waals surface area contributed by atoms with Gasteiger partial charge in [-0.3, -0.25) is 9.59 Å². The van der Waals surface area contributed by atoms with E-state index >= 15 is 0 Å². The van der Waals surface area contributed by atoms with Crippen LogP contribution in [-0.2, 0) is 9.59 Å². The third-order valence-corrected chi connectivity index (χ3v) is 3.06. The van der Waals surface area contributed by atoms with Gasteiger partial charge >= 0.3 is 0 Å². The van der Waals surface area contributed by atoms with Crippen LogP contribution in [0.3, 0.4) is 0 Å². The number of piperidine rings is 1. The van der Waals surface area contributed by atoms with E-state index in [1.54, 1.807) is 17.2 Å². The molecule has 108 valence electrons. The molecule has 2 amide bonds. The second-order valence-electron chi connectivity index (χ2n) is 4.68. The van der Waals surface area contributed by atoms with Gasteiger partial charge in [-0.1, -0.05) is 0 Å². The van der Waals surface area contributed by atoms with Crippen LogP contribution in [0.15, 0.2) is 18.6 Å². The summed E-state index contributed by atoms with van der Waals surface area (Å²) in [5.41, 5.74) is 0. The summed E-state index contributed by atoms with van der Waals surface area (Å²) < 4.78 is 5.73. The molecule has 0 saturated carbocycles. The fraction of sp³-hybridized carbons (Fsp3) is 0.538. The maximum atomic E-state index is 11.9. The summed E-state index contributed by atoms with van der Waals surface area (Å²) in [5, 5.41) is 2.52. The van der Waals surface area contributed by atoms with Gasteiger partial charge < -0.3 is 15.0 Å². The summed E-state index contributed by atoms with van der Waals surface area (Å²) >= 11 is 0. The number of carbonyl (C=O) groups excluding carboxylic acids is 2. The molecule has 0 radical (unpaired) electrons. The van der Waals surface area contributed by atoms with E-state index in [9.17, 15) is 9.59 Å². The summed E-state index contributed by atoms with van der Waals surface area (Å²) in [6.45, 7) is 2.64. The molecule has 0 aromatic carbocycles. The first-order chi connectivity index (χ1) is 9.65. The maximum absolute atomic E-state index is 11.9. The second-order valence-corrected chi connectivity index (χ2v) is 4.68. The average Bonchev–Trinajstić information content (AvgIpc) is 2.46. The predicted octanol–water partition coefficient (Wildman–Crippen LogP) is -0.0175. The van der Waals surface area contributed by atoms with E-state index in [1.165, 1.54) is 13.3 Å². The third kappa shape index (κ3) is 4.18. The molecule has 1 aliphatic heterocycles. The molecule has 0 bridgehead atoms. The van der Waals surface area contributed by atoms with Crippen LogP contribution >= 0.6 is 0 Å². The Morgan fingerprint density at radius 1 is 1.55 bits per heavy atom. The molecule has 1 aromatic heterocycles. The van der Waals surface area contributed by atoms with Gasteiger partial charge in [0.05, 0.1) is 13.1 Å². The fourth-order valence-electron chi connectivity index (χ4n) is 2.09. The van der Waals surface area contributed by atoms with Gasteiger partial charge in [0.25, 0.3) is 0 Å². The molecule has 1 fully saturated rings. The van der Waals surface area contributed by atoms with Crippen molar-refractivity contribution in [3.05, 3.63) is 18.6 Å². The van der Waals surface area contributed by atoms with E-state index in [4.69, 9.17) is 4.74 Å². The minimum Gasteiger partial charge on any atom is -0.472 e. The number of amides is 2. The van der Waals surface area contributed by atoms with E-state index in [0.717, 1.165) is 12.8 Å². The van der Waals surface area contributed by atoms with Gasteiger partial charge in [-0.2, -0.15) is 0 Å². The summed E-state index contributed by atoms with van der Waals surface area (Å²) in [6.07, 6.45) is 4.73. The molecule has 1 unspecified atom stereocenters. The minimum absolute atomic E-state index is 0.0373. The Labute approximate surface area is 117 Å². The molecule has 7 nitrogen and oxygen atoms in total. The van der Waals surface area contributed by atoms with Crippen LogP contribution in [0.25, 0.3) is 0 Å². The molecule has 1 atom stereocenters. The summed E-state index contributed by atoms with van der Waals surface area (Å²) in [7, 11) is 0. The minimum atomic E-state index is -0.204. The normalized spacial score (nSPS) is 18.4. The lowest BCUT2D eigenvalue weighted by molar-refractivity contribution is -0.134. The van der Waals surface area contributed by atoms with Crippen LogP contribution in [0.5, 0.6) is 5.88 Å². The van der Waals surface area contributed by atoms with E-state index in [-0.39, 0.29) is 24.5 Å². The number of nitrogens with one attached hydrogen (secondary N) is 1. The van der Waals surface area contributed by atoms with Crippen molar-refractivity contribution < 1.29 is 14.3 Å². The SMILES string of the molecule is CC(=O)NCC(=O)N1CCCC(Oc2ccncn2)C1. The summed E-state index contributed by atoms with van der Waals surface area (Å²) in [6, 6.07) is 1.69. The average molecular weight is 278 g/mol. The topological polar surface area (TPSA) is 84.4 Å². The molecule has 7 heteroatoms. The van der Waals surface area contributed by atoms with Crippen molar-refractivity contribution in [2.75, 3.05) is 19.6 Å². The molecular formula is C13H18N4O3. The van der Waals surface area contributed by atoms with E-state index in [0.29, 0.717) is 19.0 Å². The van der Waals surface area contributed by atoms with Gasteiger partial charge in [0, 0.05) is 25.7 Å². The van der Waals surface area contributed by atoms with Crippen molar-refractivity contribution in [2.24, 2.45) is 0 Å². The first-order valence-corrected chi connectivity index (χ1v) is 6.60. The number of hydrogen-bond acceptors (Lipinski definition) is 5. The number of aromatic nitrogens is 2.